The molecule has 0 amide bonds. The molecule has 0 bridgehead atoms. The molecule has 0 unspecified atom stereocenters. The van der Waals surface area contributed by atoms with Crippen molar-refractivity contribution < 1.29 is 13.7 Å². The Morgan fingerprint density at radius 1 is 1.16 bits per heavy atom. The molecule has 0 radical (unpaired) electrons. The van der Waals surface area contributed by atoms with E-state index in [0.29, 0.717) is 5.69 Å². The number of aromatic nitrogens is 3. The molecular formula is C18H23BFN3O2. The van der Waals surface area contributed by atoms with Crippen LogP contribution in [-0.2, 0) is 9.31 Å². The first kappa shape index (κ1) is 17.8. The highest BCUT2D eigenvalue weighted by Gasteiger charge is 2.53. The molecule has 132 valence electrons. The van der Waals surface area contributed by atoms with Crippen LogP contribution in [0.4, 0.5) is 4.39 Å². The predicted molar refractivity (Wildman–Crippen MR) is 96.0 cm³/mol. The summed E-state index contributed by atoms with van der Waals surface area (Å²) in [7, 11) is -1.03. The number of rotatable bonds is 3. The minimum atomic E-state index is -1.03. The molecule has 0 spiro atoms. The Hall–Kier alpha value is -1.99. The molecule has 25 heavy (non-hydrogen) atoms. The maximum Gasteiger partial charge on any atom is 0.525 e. The monoisotopic (exact) mass is 343 g/mol. The van der Waals surface area contributed by atoms with Gasteiger partial charge in [0.2, 0.25) is 0 Å². The van der Waals surface area contributed by atoms with E-state index < -0.39 is 24.0 Å². The van der Waals surface area contributed by atoms with E-state index in [9.17, 15) is 4.39 Å². The fourth-order valence-electron chi connectivity index (χ4n) is 2.69. The van der Waals surface area contributed by atoms with Gasteiger partial charge in [-0.25, -0.2) is 9.07 Å². The lowest BCUT2D eigenvalue weighted by Gasteiger charge is -2.32. The average molecular weight is 343 g/mol. The van der Waals surface area contributed by atoms with E-state index in [4.69, 9.17) is 9.31 Å². The van der Waals surface area contributed by atoms with E-state index in [1.54, 1.807) is 10.9 Å². The van der Waals surface area contributed by atoms with Crippen molar-refractivity contribution in [3.8, 4) is 5.69 Å². The van der Waals surface area contributed by atoms with Crippen molar-refractivity contribution in [3.63, 3.8) is 0 Å². The van der Waals surface area contributed by atoms with E-state index in [2.05, 4.69) is 16.4 Å². The van der Waals surface area contributed by atoms with Crippen molar-refractivity contribution >= 4 is 13.2 Å². The van der Waals surface area contributed by atoms with Crippen molar-refractivity contribution in [3.05, 3.63) is 46.9 Å². The molecule has 2 heterocycles. The van der Waals surface area contributed by atoms with Crippen LogP contribution < -0.4 is 0 Å². The van der Waals surface area contributed by atoms with Gasteiger partial charge in [-0.1, -0.05) is 22.9 Å². The molecule has 5 nitrogen and oxygen atoms in total. The molecule has 0 aliphatic carbocycles. The standard InChI is InChI=1S/C18H23BFN3O2/c1-12-7-8-15(13(2)9-12)23-11-14(21-22-23)10-16(20)19-24-17(3,4)18(5,6)25-19/h7-11H,1-6H3. The van der Waals surface area contributed by atoms with E-state index in [-0.39, 0.29) is 0 Å². The molecule has 1 aliphatic heterocycles. The van der Waals surface area contributed by atoms with Gasteiger partial charge in [0, 0.05) is 0 Å². The lowest BCUT2D eigenvalue weighted by Crippen LogP contribution is -2.41. The van der Waals surface area contributed by atoms with Crippen LogP contribution in [0.15, 0.2) is 30.1 Å². The van der Waals surface area contributed by atoms with Gasteiger partial charge in [0.15, 0.2) is 0 Å². The van der Waals surface area contributed by atoms with E-state index in [1.165, 1.54) is 11.6 Å². The van der Waals surface area contributed by atoms with Crippen molar-refractivity contribution in [2.75, 3.05) is 0 Å². The summed E-state index contributed by atoms with van der Waals surface area (Å²) in [4.78, 5) is 0. The molecule has 0 atom stereocenters. The second kappa shape index (κ2) is 6.07. The van der Waals surface area contributed by atoms with Crippen LogP contribution >= 0.6 is 0 Å². The molecule has 1 aliphatic rings. The first-order valence-corrected chi connectivity index (χ1v) is 8.32. The molecule has 0 N–H and O–H groups in total. The molecule has 1 fully saturated rings. The third-order valence-corrected chi connectivity index (χ3v) is 4.87. The Labute approximate surface area is 148 Å². The number of halogens is 1. The Balaban J connectivity index is 1.82. The summed E-state index contributed by atoms with van der Waals surface area (Å²) in [5.74, 6) is 0. The molecule has 2 aromatic rings. The van der Waals surface area contributed by atoms with Gasteiger partial charge in [-0.2, -0.15) is 0 Å². The minimum absolute atomic E-state index is 0.409. The van der Waals surface area contributed by atoms with Gasteiger partial charge in [0.25, 0.3) is 0 Å². The third-order valence-electron chi connectivity index (χ3n) is 4.87. The molecule has 3 rings (SSSR count). The Bertz CT molecular complexity index is 813. The van der Waals surface area contributed by atoms with Crippen LogP contribution in [0.3, 0.4) is 0 Å². The molecule has 1 saturated heterocycles. The summed E-state index contributed by atoms with van der Waals surface area (Å²) in [6.45, 7) is 11.6. The second-order valence-corrected chi connectivity index (χ2v) is 7.50. The Kier molecular flexibility index (Phi) is 4.33. The number of benzene rings is 1. The lowest BCUT2D eigenvalue weighted by atomic mass is 9.87. The van der Waals surface area contributed by atoms with Gasteiger partial charge >= 0.3 is 7.12 Å². The van der Waals surface area contributed by atoms with Crippen LogP contribution in [0.5, 0.6) is 0 Å². The molecular weight excluding hydrogens is 320 g/mol. The van der Waals surface area contributed by atoms with E-state index in [1.807, 2.05) is 53.7 Å². The van der Waals surface area contributed by atoms with Crippen molar-refractivity contribution in [1.29, 1.82) is 0 Å². The van der Waals surface area contributed by atoms with Crippen molar-refractivity contribution in [1.82, 2.24) is 15.0 Å². The zero-order chi connectivity index (χ0) is 18.4. The zero-order valence-corrected chi connectivity index (χ0v) is 15.5. The summed E-state index contributed by atoms with van der Waals surface area (Å²) < 4.78 is 27.6. The summed E-state index contributed by atoms with van der Waals surface area (Å²) >= 11 is 0. The van der Waals surface area contributed by atoms with Crippen molar-refractivity contribution in [2.45, 2.75) is 52.7 Å². The van der Waals surface area contributed by atoms with Gasteiger partial charge in [-0.15, -0.1) is 5.10 Å². The van der Waals surface area contributed by atoms with Crippen LogP contribution in [0.2, 0.25) is 0 Å². The summed E-state index contributed by atoms with van der Waals surface area (Å²) in [5, 5.41) is 8.11. The predicted octanol–water partition coefficient (Wildman–Crippen LogP) is 3.83. The second-order valence-electron chi connectivity index (χ2n) is 7.50. The molecule has 0 saturated carbocycles. The quantitative estimate of drug-likeness (QED) is 0.795. The summed E-state index contributed by atoms with van der Waals surface area (Å²) in [6, 6.07) is 6.04. The maximum atomic E-state index is 14.6. The zero-order valence-electron chi connectivity index (χ0n) is 15.5. The number of aryl methyl sites for hydroxylation is 2. The summed E-state index contributed by atoms with van der Waals surface area (Å²) in [6.07, 6.45) is 2.98. The largest absolute Gasteiger partial charge is 0.525 e. The van der Waals surface area contributed by atoms with Crippen LogP contribution in [0.25, 0.3) is 11.8 Å². The van der Waals surface area contributed by atoms with Gasteiger partial charge in [-0.05, 0) is 59.2 Å². The lowest BCUT2D eigenvalue weighted by molar-refractivity contribution is 0.00578. The first-order chi connectivity index (χ1) is 11.6. The van der Waals surface area contributed by atoms with Gasteiger partial charge < -0.3 is 9.31 Å². The SMILES string of the molecule is Cc1ccc(-n2cc(C=C(F)B3OC(C)(C)C(C)(C)O3)nn2)c(C)c1. The van der Waals surface area contributed by atoms with Crippen LogP contribution in [-0.4, -0.2) is 33.3 Å². The Morgan fingerprint density at radius 2 is 1.80 bits per heavy atom. The average Bonchev–Trinajstić information content (AvgIpc) is 3.01. The maximum absolute atomic E-state index is 14.6. The normalized spacial score (nSPS) is 19.5. The van der Waals surface area contributed by atoms with E-state index >= 15 is 0 Å². The first-order valence-electron chi connectivity index (χ1n) is 8.32. The number of nitrogens with zero attached hydrogens (tertiary/aromatic N) is 3. The highest BCUT2D eigenvalue weighted by Crippen LogP contribution is 2.39. The highest BCUT2D eigenvalue weighted by molar-refractivity contribution is 6.54. The molecule has 7 heteroatoms. The third kappa shape index (κ3) is 3.39. The Morgan fingerprint density at radius 3 is 2.40 bits per heavy atom. The molecule has 1 aromatic heterocycles. The highest BCUT2D eigenvalue weighted by atomic mass is 19.1. The summed E-state index contributed by atoms with van der Waals surface area (Å²) in [5.41, 5.74) is 1.88. The fraction of sp³-hybridized carbons (Fsp3) is 0.444. The van der Waals surface area contributed by atoms with Gasteiger partial charge in [0.05, 0.1) is 23.1 Å². The topological polar surface area (TPSA) is 49.2 Å². The van der Waals surface area contributed by atoms with Gasteiger partial charge in [-0.3, -0.25) is 0 Å². The van der Waals surface area contributed by atoms with Crippen molar-refractivity contribution in [2.24, 2.45) is 0 Å². The number of hydrogen-bond donors (Lipinski definition) is 0. The van der Waals surface area contributed by atoms with Crippen LogP contribution in [0.1, 0.15) is 44.5 Å². The van der Waals surface area contributed by atoms with E-state index in [0.717, 1.165) is 11.3 Å². The number of hydrogen-bond acceptors (Lipinski definition) is 4. The smallest absolute Gasteiger partial charge is 0.398 e. The fourth-order valence-corrected chi connectivity index (χ4v) is 2.69. The van der Waals surface area contributed by atoms with Gasteiger partial charge in [0.1, 0.15) is 11.4 Å². The minimum Gasteiger partial charge on any atom is -0.398 e. The van der Waals surface area contributed by atoms with Crippen LogP contribution in [0, 0.1) is 13.8 Å². The molecule has 1 aromatic carbocycles.